The number of ether oxygens (including phenoxy) is 2. The molecule has 0 atom stereocenters. The van der Waals surface area contributed by atoms with E-state index in [1.807, 2.05) is 36.6 Å². The number of amides is 1. The Morgan fingerprint density at radius 2 is 1.63 bits per heavy atom. The van der Waals surface area contributed by atoms with Gasteiger partial charge in [-0.2, -0.15) is 0 Å². The fourth-order valence-electron chi connectivity index (χ4n) is 3.55. The summed E-state index contributed by atoms with van der Waals surface area (Å²) in [6.07, 6.45) is 1.32. The molecule has 0 aliphatic carbocycles. The van der Waals surface area contributed by atoms with Crippen LogP contribution in [0.5, 0.6) is 0 Å². The number of fused-ring (bicyclic) bond motifs is 1. The number of methoxy groups -OCH3 is 2. The van der Waals surface area contributed by atoms with Gasteiger partial charge in [0, 0.05) is 16.6 Å². The Morgan fingerprint density at radius 3 is 2.23 bits per heavy atom. The molecule has 2 aromatic carbocycles. The summed E-state index contributed by atoms with van der Waals surface area (Å²) >= 11 is 1.36. The molecule has 0 unspecified atom stereocenters. The van der Waals surface area contributed by atoms with Gasteiger partial charge >= 0.3 is 11.9 Å². The van der Waals surface area contributed by atoms with Gasteiger partial charge in [-0.1, -0.05) is 29.8 Å². The Kier molecular flexibility index (Phi) is 6.74. The van der Waals surface area contributed by atoms with Crippen LogP contribution in [0.1, 0.15) is 26.3 Å². The van der Waals surface area contributed by atoms with Gasteiger partial charge < -0.3 is 14.8 Å². The summed E-state index contributed by atoms with van der Waals surface area (Å²) in [5.74, 6) is -1.91. The number of nitrogens with zero attached hydrogens (tertiary/aromatic N) is 2. The van der Waals surface area contributed by atoms with E-state index in [4.69, 9.17) is 9.47 Å². The first kappa shape index (κ1) is 23.8. The summed E-state index contributed by atoms with van der Waals surface area (Å²) in [4.78, 5) is 54.9. The SMILES string of the molecule is COC(=O)c1cc(NC(=O)Cn2cnc3scc(-c4ccc(C)cc4)c3c2=O)cc(C(=O)OC)c1. The molecule has 0 spiro atoms. The first-order valence-corrected chi connectivity index (χ1v) is 11.3. The molecule has 178 valence electrons. The molecule has 1 N–H and O–H groups in total. The number of carbonyl (C=O) groups excluding carboxylic acids is 3. The van der Waals surface area contributed by atoms with Crippen molar-refractivity contribution in [2.24, 2.45) is 0 Å². The number of benzene rings is 2. The molecule has 0 bridgehead atoms. The largest absolute Gasteiger partial charge is 0.465 e. The van der Waals surface area contributed by atoms with E-state index in [1.54, 1.807) is 0 Å². The minimum absolute atomic E-state index is 0.0620. The molecule has 0 aliphatic rings. The third kappa shape index (κ3) is 4.97. The summed E-state index contributed by atoms with van der Waals surface area (Å²) < 4.78 is 10.6. The minimum atomic E-state index is -0.682. The van der Waals surface area contributed by atoms with Crippen LogP contribution in [-0.4, -0.2) is 41.6 Å². The fourth-order valence-corrected chi connectivity index (χ4v) is 4.46. The Labute approximate surface area is 203 Å². The Morgan fingerprint density at radius 1 is 1.00 bits per heavy atom. The molecule has 0 radical (unpaired) electrons. The van der Waals surface area contributed by atoms with Crippen LogP contribution in [0.2, 0.25) is 0 Å². The van der Waals surface area contributed by atoms with E-state index in [-0.39, 0.29) is 28.9 Å². The number of hydrogen-bond acceptors (Lipinski definition) is 8. The molecule has 0 fully saturated rings. The Balaban J connectivity index is 1.63. The van der Waals surface area contributed by atoms with Crippen molar-refractivity contribution < 1.29 is 23.9 Å². The van der Waals surface area contributed by atoms with E-state index in [0.29, 0.717) is 10.2 Å². The smallest absolute Gasteiger partial charge is 0.337 e. The molecule has 0 saturated heterocycles. The molecule has 2 heterocycles. The summed E-state index contributed by atoms with van der Waals surface area (Å²) in [6.45, 7) is 1.67. The molecule has 0 aliphatic heterocycles. The molecule has 9 nitrogen and oxygen atoms in total. The van der Waals surface area contributed by atoms with Crippen molar-refractivity contribution in [2.45, 2.75) is 13.5 Å². The third-order valence-electron chi connectivity index (χ3n) is 5.30. The van der Waals surface area contributed by atoms with E-state index in [2.05, 4.69) is 10.3 Å². The van der Waals surface area contributed by atoms with Gasteiger partial charge in [-0.05, 0) is 30.7 Å². The zero-order valence-electron chi connectivity index (χ0n) is 19.2. The first-order chi connectivity index (χ1) is 16.8. The van der Waals surface area contributed by atoms with Crippen LogP contribution in [-0.2, 0) is 20.8 Å². The predicted molar refractivity (Wildman–Crippen MR) is 132 cm³/mol. The Hall–Kier alpha value is -4.31. The van der Waals surface area contributed by atoms with Gasteiger partial charge in [-0.3, -0.25) is 14.2 Å². The standard InChI is InChI=1S/C25H21N3O6S/c1-14-4-6-15(7-5-14)19-12-35-22-21(19)23(30)28(13-26-22)11-20(29)27-18-9-16(24(31)33-2)8-17(10-18)25(32)34-3/h4-10,12-13H,11H2,1-3H3,(H,27,29). The minimum Gasteiger partial charge on any atom is -0.465 e. The van der Waals surface area contributed by atoms with Crippen molar-refractivity contribution in [3.63, 3.8) is 0 Å². The van der Waals surface area contributed by atoms with Crippen molar-refractivity contribution in [3.8, 4) is 11.1 Å². The topological polar surface area (TPSA) is 117 Å². The molecule has 2 aromatic heterocycles. The highest BCUT2D eigenvalue weighted by molar-refractivity contribution is 7.17. The average Bonchev–Trinajstić information content (AvgIpc) is 3.30. The van der Waals surface area contributed by atoms with Crippen LogP contribution in [0, 0.1) is 6.92 Å². The van der Waals surface area contributed by atoms with Crippen molar-refractivity contribution in [1.29, 1.82) is 0 Å². The number of hydrogen-bond donors (Lipinski definition) is 1. The molecular weight excluding hydrogens is 470 g/mol. The van der Waals surface area contributed by atoms with Crippen molar-refractivity contribution in [3.05, 3.63) is 81.2 Å². The number of carbonyl (C=O) groups is 3. The van der Waals surface area contributed by atoms with Crippen molar-refractivity contribution in [2.75, 3.05) is 19.5 Å². The molecular formula is C25H21N3O6S. The molecule has 0 saturated carbocycles. The number of rotatable bonds is 6. The lowest BCUT2D eigenvalue weighted by atomic mass is 10.1. The van der Waals surface area contributed by atoms with E-state index >= 15 is 0 Å². The van der Waals surface area contributed by atoms with Crippen molar-refractivity contribution in [1.82, 2.24) is 9.55 Å². The maximum atomic E-state index is 13.2. The maximum Gasteiger partial charge on any atom is 0.337 e. The monoisotopic (exact) mass is 491 g/mol. The third-order valence-corrected chi connectivity index (χ3v) is 6.18. The van der Waals surface area contributed by atoms with Gasteiger partial charge in [0.15, 0.2) is 0 Å². The van der Waals surface area contributed by atoms with Crippen LogP contribution in [0.15, 0.2) is 59.0 Å². The van der Waals surface area contributed by atoms with E-state index in [0.717, 1.165) is 16.7 Å². The zero-order chi connectivity index (χ0) is 25.1. The van der Waals surface area contributed by atoms with Crippen LogP contribution in [0.25, 0.3) is 21.3 Å². The summed E-state index contributed by atoms with van der Waals surface area (Å²) in [6, 6.07) is 11.8. The quantitative estimate of drug-likeness (QED) is 0.409. The highest BCUT2D eigenvalue weighted by Gasteiger charge is 2.17. The van der Waals surface area contributed by atoms with Gasteiger partial charge in [-0.15, -0.1) is 11.3 Å². The number of esters is 2. The highest BCUT2D eigenvalue weighted by atomic mass is 32.1. The molecule has 35 heavy (non-hydrogen) atoms. The van der Waals surface area contributed by atoms with Gasteiger partial charge in [0.05, 0.1) is 37.1 Å². The normalized spacial score (nSPS) is 10.7. The lowest BCUT2D eigenvalue weighted by Crippen LogP contribution is -2.28. The molecule has 4 aromatic rings. The summed E-state index contributed by atoms with van der Waals surface area (Å²) in [7, 11) is 2.41. The average molecular weight is 492 g/mol. The zero-order valence-corrected chi connectivity index (χ0v) is 20.0. The predicted octanol–water partition coefficient (Wildman–Crippen LogP) is 3.65. The van der Waals surface area contributed by atoms with Gasteiger partial charge in [0.1, 0.15) is 11.4 Å². The number of thiophene rings is 1. The molecule has 1 amide bonds. The first-order valence-electron chi connectivity index (χ1n) is 10.5. The maximum absolute atomic E-state index is 13.2. The lowest BCUT2D eigenvalue weighted by Gasteiger charge is -2.10. The van der Waals surface area contributed by atoms with Gasteiger partial charge in [0.25, 0.3) is 5.56 Å². The van der Waals surface area contributed by atoms with Crippen LogP contribution < -0.4 is 10.9 Å². The Bertz CT molecular complexity index is 1470. The van der Waals surface area contributed by atoms with Gasteiger partial charge in [-0.25, -0.2) is 14.6 Å². The van der Waals surface area contributed by atoms with Crippen LogP contribution in [0.4, 0.5) is 5.69 Å². The van der Waals surface area contributed by atoms with Crippen LogP contribution in [0.3, 0.4) is 0 Å². The number of nitrogens with one attached hydrogen (secondary N) is 1. The summed E-state index contributed by atoms with van der Waals surface area (Å²) in [5.41, 5.74) is 2.70. The second kappa shape index (κ2) is 9.90. The highest BCUT2D eigenvalue weighted by Crippen LogP contribution is 2.30. The fraction of sp³-hybridized carbons (Fsp3) is 0.160. The van der Waals surface area contributed by atoms with Crippen molar-refractivity contribution >= 4 is 45.1 Å². The summed E-state index contributed by atoms with van der Waals surface area (Å²) in [5, 5.41) is 4.93. The number of aromatic nitrogens is 2. The lowest BCUT2D eigenvalue weighted by molar-refractivity contribution is -0.116. The van der Waals surface area contributed by atoms with E-state index < -0.39 is 17.8 Å². The molecule has 10 heteroatoms. The van der Waals surface area contributed by atoms with Gasteiger partial charge in [0.2, 0.25) is 5.91 Å². The molecule has 4 rings (SSSR count). The number of aryl methyl sites for hydroxylation is 1. The number of anilines is 1. The second-order valence-electron chi connectivity index (χ2n) is 7.70. The van der Waals surface area contributed by atoms with Crippen LogP contribution >= 0.6 is 11.3 Å². The van der Waals surface area contributed by atoms with E-state index in [9.17, 15) is 19.2 Å². The second-order valence-corrected chi connectivity index (χ2v) is 8.56. The van der Waals surface area contributed by atoms with E-state index in [1.165, 1.54) is 54.6 Å².